The van der Waals surface area contributed by atoms with Gasteiger partial charge in [0.1, 0.15) is 0 Å². The number of carbonyl (C=O) groups excluding carboxylic acids is 1. The van der Waals surface area contributed by atoms with E-state index in [9.17, 15) is 4.79 Å². The molecule has 0 bridgehead atoms. The van der Waals surface area contributed by atoms with Crippen molar-refractivity contribution in [2.45, 2.75) is 31.8 Å². The van der Waals surface area contributed by atoms with Gasteiger partial charge < -0.3 is 4.90 Å². The summed E-state index contributed by atoms with van der Waals surface area (Å²) in [6.07, 6.45) is 4.13. The van der Waals surface area contributed by atoms with Gasteiger partial charge in [-0.2, -0.15) is 11.8 Å². The number of aryl methyl sites for hydroxylation is 1. The zero-order chi connectivity index (χ0) is 16.8. The van der Waals surface area contributed by atoms with Gasteiger partial charge in [0.25, 0.3) is 0 Å². The summed E-state index contributed by atoms with van der Waals surface area (Å²) < 4.78 is 0. The van der Waals surface area contributed by atoms with Crippen LogP contribution in [0.5, 0.6) is 0 Å². The van der Waals surface area contributed by atoms with Crippen LogP contribution in [-0.4, -0.2) is 33.3 Å². The quantitative estimate of drug-likeness (QED) is 0.774. The van der Waals surface area contributed by atoms with Crippen molar-refractivity contribution in [1.29, 1.82) is 0 Å². The molecule has 3 rings (SSSR count). The molecule has 1 fully saturated rings. The van der Waals surface area contributed by atoms with Crippen LogP contribution in [0.2, 0.25) is 5.02 Å². The second-order valence-corrected chi connectivity index (χ2v) is 7.57. The lowest BCUT2D eigenvalue weighted by Crippen LogP contribution is -2.40. The van der Waals surface area contributed by atoms with E-state index in [1.165, 1.54) is 0 Å². The van der Waals surface area contributed by atoms with Gasteiger partial charge in [-0.25, -0.2) is 0 Å². The van der Waals surface area contributed by atoms with Gasteiger partial charge in [0.05, 0.1) is 12.2 Å². The van der Waals surface area contributed by atoms with Crippen LogP contribution in [0, 0.1) is 0 Å². The number of pyridine rings is 1. The predicted octanol–water partition coefficient (Wildman–Crippen LogP) is 4.20. The molecule has 24 heavy (non-hydrogen) atoms. The molecule has 1 atom stereocenters. The minimum Gasteiger partial charge on any atom is -0.333 e. The molecule has 0 radical (unpaired) electrons. The number of benzene rings is 1. The summed E-state index contributed by atoms with van der Waals surface area (Å²) in [5.74, 6) is 2.37. The van der Waals surface area contributed by atoms with Crippen molar-refractivity contribution in [1.82, 2.24) is 9.88 Å². The van der Waals surface area contributed by atoms with Crippen LogP contribution in [-0.2, 0) is 17.8 Å². The monoisotopic (exact) mass is 360 g/mol. The number of rotatable bonds is 6. The van der Waals surface area contributed by atoms with Crippen LogP contribution >= 0.6 is 23.4 Å². The minimum atomic E-state index is 0.211. The number of nitrogens with zero attached hydrogens (tertiary/aromatic N) is 2. The molecule has 1 saturated heterocycles. The highest BCUT2D eigenvalue weighted by atomic mass is 35.5. The standard InChI is InChI=1S/C19H21ClN2OS/c20-16-7-4-15(5-8-16)6-9-19(23)22(18-10-12-24-14-18)13-17-3-1-2-11-21-17/h1-5,7-8,11,18H,6,9-10,12-14H2/t18-/m0/s1. The number of carbonyl (C=O) groups is 1. The van der Waals surface area contributed by atoms with E-state index in [1.54, 1.807) is 6.20 Å². The van der Waals surface area contributed by atoms with E-state index < -0.39 is 0 Å². The first kappa shape index (κ1) is 17.3. The first-order chi connectivity index (χ1) is 11.7. The Morgan fingerprint density at radius 3 is 2.75 bits per heavy atom. The average molecular weight is 361 g/mol. The second kappa shape index (κ2) is 8.54. The average Bonchev–Trinajstić information content (AvgIpc) is 3.14. The Hall–Kier alpha value is -1.52. The first-order valence-electron chi connectivity index (χ1n) is 8.24. The van der Waals surface area contributed by atoms with Gasteiger partial charge >= 0.3 is 0 Å². The highest BCUT2D eigenvalue weighted by molar-refractivity contribution is 7.99. The van der Waals surface area contributed by atoms with E-state index in [2.05, 4.69) is 4.98 Å². The van der Waals surface area contributed by atoms with Crippen LogP contribution in [0.15, 0.2) is 48.7 Å². The van der Waals surface area contributed by atoms with Gasteiger partial charge in [-0.15, -0.1) is 0 Å². The van der Waals surface area contributed by atoms with E-state index in [0.717, 1.165) is 40.6 Å². The number of halogens is 1. The lowest BCUT2D eigenvalue weighted by molar-refractivity contribution is -0.133. The molecule has 1 aromatic carbocycles. The van der Waals surface area contributed by atoms with E-state index in [1.807, 2.05) is 59.1 Å². The third kappa shape index (κ3) is 4.74. The van der Waals surface area contributed by atoms with Crippen molar-refractivity contribution < 1.29 is 4.79 Å². The molecule has 3 nitrogen and oxygen atoms in total. The molecule has 0 N–H and O–H groups in total. The Labute approximate surface area is 152 Å². The molecule has 1 aromatic heterocycles. The third-order valence-electron chi connectivity index (χ3n) is 4.27. The SMILES string of the molecule is O=C(CCc1ccc(Cl)cc1)N(Cc1ccccn1)[C@H]1CCSC1. The van der Waals surface area contributed by atoms with E-state index >= 15 is 0 Å². The minimum absolute atomic E-state index is 0.211. The fourth-order valence-corrected chi connectivity index (χ4v) is 4.25. The number of hydrogen-bond donors (Lipinski definition) is 0. The number of aromatic nitrogens is 1. The van der Waals surface area contributed by atoms with Crippen LogP contribution in [0.25, 0.3) is 0 Å². The maximum atomic E-state index is 12.8. The summed E-state index contributed by atoms with van der Waals surface area (Å²) >= 11 is 7.84. The van der Waals surface area contributed by atoms with Crippen molar-refractivity contribution in [3.05, 3.63) is 64.9 Å². The van der Waals surface area contributed by atoms with Crippen LogP contribution < -0.4 is 0 Å². The summed E-state index contributed by atoms with van der Waals surface area (Å²) in [7, 11) is 0. The third-order valence-corrected chi connectivity index (χ3v) is 5.66. The summed E-state index contributed by atoms with van der Waals surface area (Å²) in [4.78, 5) is 19.2. The number of hydrogen-bond acceptors (Lipinski definition) is 3. The van der Waals surface area contributed by atoms with Gasteiger partial charge in [-0.05, 0) is 48.4 Å². The molecule has 2 aromatic rings. The lowest BCUT2D eigenvalue weighted by atomic mass is 10.1. The fraction of sp³-hybridized carbons (Fsp3) is 0.368. The zero-order valence-electron chi connectivity index (χ0n) is 13.5. The maximum Gasteiger partial charge on any atom is 0.223 e. The Kier molecular flexibility index (Phi) is 6.16. The topological polar surface area (TPSA) is 33.2 Å². The molecular formula is C19H21ClN2OS. The van der Waals surface area contributed by atoms with Gasteiger partial charge in [-0.1, -0.05) is 29.8 Å². The lowest BCUT2D eigenvalue weighted by Gasteiger charge is -2.28. The molecule has 0 unspecified atom stereocenters. The van der Waals surface area contributed by atoms with Crippen LogP contribution in [0.3, 0.4) is 0 Å². The zero-order valence-corrected chi connectivity index (χ0v) is 15.1. The highest BCUT2D eigenvalue weighted by Gasteiger charge is 2.27. The normalized spacial score (nSPS) is 17.0. The second-order valence-electron chi connectivity index (χ2n) is 5.99. The van der Waals surface area contributed by atoms with E-state index in [4.69, 9.17) is 11.6 Å². The summed E-state index contributed by atoms with van der Waals surface area (Å²) in [5, 5.41) is 0.727. The van der Waals surface area contributed by atoms with Crippen molar-refractivity contribution in [3.8, 4) is 0 Å². The molecule has 5 heteroatoms. The number of amides is 1. The molecule has 1 aliphatic rings. The first-order valence-corrected chi connectivity index (χ1v) is 9.77. The van der Waals surface area contributed by atoms with Crippen molar-refractivity contribution in [2.24, 2.45) is 0 Å². The summed E-state index contributed by atoms with van der Waals surface area (Å²) in [6, 6.07) is 13.9. The van der Waals surface area contributed by atoms with Crippen LogP contribution in [0.1, 0.15) is 24.1 Å². The smallest absolute Gasteiger partial charge is 0.223 e. The van der Waals surface area contributed by atoms with Crippen molar-refractivity contribution >= 4 is 29.3 Å². The molecule has 126 valence electrons. The molecule has 1 aliphatic heterocycles. The van der Waals surface area contributed by atoms with Gasteiger partial charge in [0, 0.05) is 29.4 Å². The largest absolute Gasteiger partial charge is 0.333 e. The van der Waals surface area contributed by atoms with E-state index in [-0.39, 0.29) is 5.91 Å². The van der Waals surface area contributed by atoms with Gasteiger partial charge in [0.2, 0.25) is 5.91 Å². The number of thioether (sulfide) groups is 1. The van der Waals surface area contributed by atoms with Gasteiger partial charge in [0.15, 0.2) is 0 Å². The maximum absolute atomic E-state index is 12.8. The molecule has 0 saturated carbocycles. The molecule has 0 aliphatic carbocycles. The summed E-state index contributed by atoms with van der Waals surface area (Å²) in [6.45, 7) is 0.603. The predicted molar refractivity (Wildman–Crippen MR) is 100 cm³/mol. The molecule has 0 spiro atoms. The summed E-state index contributed by atoms with van der Waals surface area (Å²) in [5.41, 5.74) is 2.10. The fourth-order valence-electron chi connectivity index (χ4n) is 2.90. The highest BCUT2D eigenvalue weighted by Crippen LogP contribution is 2.24. The van der Waals surface area contributed by atoms with Crippen molar-refractivity contribution in [3.63, 3.8) is 0 Å². The Morgan fingerprint density at radius 2 is 2.08 bits per heavy atom. The van der Waals surface area contributed by atoms with Crippen molar-refractivity contribution in [2.75, 3.05) is 11.5 Å². The Bertz CT molecular complexity index is 657. The van der Waals surface area contributed by atoms with Gasteiger partial charge in [-0.3, -0.25) is 9.78 Å². The molecular weight excluding hydrogens is 340 g/mol. The van der Waals surface area contributed by atoms with Crippen LogP contribution in [0.4, 0.5) is 0 Å². The Morgan fingerprint density at radius 1 is 1.25 bits per heavy atom. The Balaban J connectivity index is 1.65. The van der Waals surface area contributed by atoms with E-state index in [0.29, 0.717) is 19.0 Å². The molecule has 1 amide bonds. The molecule has 2 heterocycles.